The van der Waals surface area contributed by atoms with Crippen molar-refractivity contribution in [2.24, 2.45) is 0 Å². The number of carbonyl (C=O) groups is 1. The van der Waals surface area contributed by atoms with Crippen LogP contribution in [0.5, 0.6) is 0 Å². The van der Waals surface area contributed by atoms with Crippen LogP contribution < -0.4 is 0 Å². The first-order chi connectivity index (χ1) is 8.24. The van der Waals surface area contributed by atoms with Gasteiger partial charge in [0.2, 0.25) is 0 Å². The molecule has 0 amide bonds. The minimum atomic E-state index is -0.0391. The molecule has 1 heterocycles. The van der Waals surface area contributed by atoms with Gasteiger partial charge >= 0.3 is 0 Å². The van der Waals surface area contributed by atoms with Crippen molar-refractivity contribution in [2.45, 2.75) is 12.8 Å². The monoisotopic (exact) mass is 288 g/mol. The van der Waals surface area contributed by atoms with E-state index < -0.39 is 0 Å². The van der Waals surface area contributed by atoms with Gasteiger partial charge in [0.25, 0.3) is 0 Å². The summed E-state index contributed by atoms with van der Waals surface area (Å²) in [6, 6.07) is 9.30. The van der Waals surface area contributed by atoms with E-state index in [0.29, 0.717) is 11.1 Å². The molecule has 0 atom stereocenters. The van der Waals surface area contributed by atoms with Crippen molar-refractivity contribution >= 4 is 32.6 Å². The van der Waals surface area contributed by atoms with Gasteiger partial charge in [-0.1, -0.05) is 22.0 Å². The van der Waals surface area contributed by atoms with Crippen LogP contribution in [0.15, 0.2) is 34.9 Å². The number of halogens is 1. The highest BCUT2D eigenvalue weighted by Crippen LogP contribution is 2.26. The first-order valence-corrected chi connectivity index (χ1v) is 5.96. The third-order valence-corrected chi connectivity index (χ3v) is 3.17. The standard InChI is InChI=1S/C13H9BrN2O/c14-11-6-5-10(12(17)4-1-7-15)13-9(11)3-2-8-16-13/h2-3,5-6,8H,1,4H2. The maximum atomic E-state index is 11.9. The summed E-state index contributed by atoms with van der Waals surface area (Å²) in [5.74, 6) is -0.0391. The first-order valence-electron chi connectivity index (χ1n) is 5.17. The van der Waals surface area contributed by atoms with Crippen LogP contribution in [0.1, 0.15) is 23.2 Å². The molecule has 0 saturated carbocycles. The van der Waals surface area contributed by atoms with Crippen molar-refractivity contribution in [3.8, 4) is 6.07 Å². The second-order valence-electron chi connectivity index (χ2n) is 3.58. The van der Waals surface area contributed by atoms with Crippen LogP contribution >= 0.6 is 15.9 Å². The van der Waals surface area contributed by atoms with E-state index in [0.717, 1.165) is 9.86 Å². The number of benzene rings is 1. The predicted octanol–water partition coefficient (Wildman–Crippen LogP) is 3.48. The molecule has 0 aliphatic heterocycles. The highest BCUT2D eigenvalue weighted by molar-refractivity contribution is 9.10. The number of hydrogen-bond donors (Lipinski definition) is 0. The molecule has 0 N–H and O–H groups in total. The number of Topliss-reactive ketones (excluding diaryl/α,β-unsaturated/α-hetero) is 1. The molecule has 17 heavy (non-hydrogen) atoms. The number of ketones is 1. The molecule has 0 bridgehead atoms. The van der Waals surface area contributed by atoms with Gasteiger partial charge in [-0.25, -0.2) is 0 Å². The summed E-state index contributed by atoms with van der Waals surface area (Å²) in [5, 5.41) is 9.41. The molecule has 0 spiro atoms. The highest BCUT2D eigenvalue weighted by atomic mass is 79.9. The van der Waals surface area contributed by atoms with Gasteiger partial charge in [0.1, 0.15) is 0 Å². The number of aromatic nitrogens is 1. The molecule has 4 heteroatoms. The van der Waals surface area contributed by atoms with E-state index in [-0.39, 0.29) is 18.6 Å². The van der Waals surface area contributed by atoms with Crippen molar-refractivity contribution < 1.29 is 4.79 Å². The molecule has 2 aromatic rings. The van der Waals surface area contributed by atoms with E-state index in [4.69, 9.17) is 5.26 Å². The Hall–Kier alpha value is -1.73. The normalized spacial score (nSPS) is 10.1. The Balaban J connectivity index is 2.52. The number of fused-ring (bicyclic) bond motifs is 1. The van der Waals surface area contributed by atoms with E-state index in [9.17, 15) is 4.79 Å². The fraction of sp³-hybridized carbons (Fsp3) is 0.154. The zero-order valence-electron chi connectivity index (χ0n) is 8.98. The van der Waals surface area contributed by atoms with Gasteiger partial charge in [0.05, 0.1) is 11.6 Å². The summed E-state index contributed by atoms with van der Waals surface area (Å²) in [4.78, 5) is 16.2. The Kier molecular flexibility index (Phi) is 3.50. The average molecular weight is 289 g/mol. The summed E-state index contributed by atoms with van der Waals surface area (Å²) in [7, 11) is 0. The number of nitriles is 1. The Morgan fingerprint density at radius 2 is 2.24 bits per heavy atom. The molecule has 0 unspecified atom stereocenters. The van der Waals surface area contributed by atoms with E-state index in [1.165, 1.54) is 0 Å². The average Bonchev–Trinajstić information content (AvgIpc) is 2.37. The van der Waals surface area contributed by atoms with E-state index in [1.807, 2.05) is 24.3 Å². The van der Waals surface area contributed by atoms with Gasteiger partial charge in [-0.05, 0) is 18.2 Å². The largest absolute Gasteiger partial charge is 0.294 e. The zero-order valence-corrected chi connectivity index (χ0v) is 10.6. The van der Waals surface area contributed by atoms with E-state index in [2.05, 4.69) is 20.9 Å². The second kappa shape index (κ2) is 5.07. The Morgan fingerprint density at radius 1 is 1.41 bits per heavy atom. The fourth-order valence-corrected chi connectivity index (χ4v) is 2.12. The van der Waals surface area contributed by atoms with E-state index >= 15 is 0 Å². The van der Waals surface area contributed by atoms with Crippen LogP contribution in [0.25, 0.3) is 10.9 Å². The van der Waals surface area contributed by atoms with Crippen molar-refractivity contribution in [3.63, 3.8) is 0 Å². The van der Waals surface area contributed by atoms with Gasteiger partial charge in [-0.2, -0.15) is 5.26 Å². The Bertz CT molecular complexity index is 616. The zero-order chi connectivity index (χ0) is 12.3. The van der Waals surface area contributed by atoms with Crippen molar-refractivity contribution in [1.29, 1.82) is 5.26 Å². The summed E-state index contributed by atoms with van der Waals surface area (Å²) in [5.41, 5.74) is 1.27. The molecule has 0 aliphatic carbocycles. The summed E-state index contributed by atoms with van der Waals surface area (Å²) in [6.45, 7) is 0. The molecule has 0 fully saturated rings. The van der Waals surface area contributed by atoms with Crippen molar-refractivity contribution in [2.75, 3.05) is 0 Å². The maximum absolute atomic E-state index is 11.9. The molecule has 1 aromatic heterocycles. The van der Waals surface area contributed by atoms with Crippen LogP contribution in [0.3, 0.4) is 0 Å². The quantitative estimate of drug-likeness (QED) is 0.813. The van der Waals surface area contributed by atoms with Gasteiger partial charge in [0, 0.05) is 34.5 Å². The van der Waals surface area contributed by atoms with Crippen molar-refractivity contribution in [3.05, 3.63) is 40.5 Å². The SMILES string of the molecule is N#CCCC(=O)c1ccc(Br)c2cccnc12. The minimum Gasteiger partial charge on any atom is -0.294 e. The Morgan fingerprint density at radius 3 is 3.00 bits per heavy atom. The third-order valence-electron chi connectivity index (χ3n) is 2.48. The van der Waals surface area contributed by atoms with Gasteiger partial charge < -0.3 is 0 Å². The lowest BCUT2D eigenvalue weighted by atomic mass is 10.0. The molecule has 2 rings (SSSR count). The lowest BCUT2D eigenvalue weighted by Gasteiger charge is -2.05. The molecular weight excluding hydrogens is 280 g/mol. The summed E-state index contributed by atoms with van der Waals surface area (Å²) in [6.07, 6.45) is 2.14. The third kappa shape index (κ3) is 2.34. The smallest absolute Gasteiger partial charge is 0.166 e. The first kappa shape index (κ1) is 11.7. The Labute approximate surface area is 107 Å². The number of hydrogen-bond acceptors (Lipinski definition) is 3. The van der Waals surface area contributed by atoms with Gasteiger partial charge in [-0.3, -0.25) is 9.78 Å². The molecule has 3 nitrogen and oxygen atoms in total. The summed E-state index contributed by atoms with van der Waals surface area (Å²) < 4.78 is 0.914. The number of rotatable bonds is 3. The predicted molar refractivity (Wildman–Crippen MR) is 68.6 cm³/mol. The lowest BCUT2D eigenvalue weighted by molar-refractivity contribution is 0.0985. The van der Waals surface area contributed by atoms with Crippen LogP contribution in [0.4, 0.5) is 0 Å². The van der Waals surface area contributed by atoms with Crippen LogP contribution in [0.2, 0.25) is 0 Å². The highest BCUT2D eigenvalue weighted by Gasteiger charge is 2.12. The topological polar surface area (TPSA) is 53.8 Å². The molecular formula is C13H9BrN2O. The van der Waals surface area contributed by atoms with Crippen LogP contribution in [0, 0.1) is 11.3 Å². The van der Waals surface area contributed by atoms with Crippen LogP contribution in [-0.4, -0.2) is 10.8 Å². The number of nitrogens with zero attached hydrogens (tertiary/aromatic N) is 2. The number of pyridine rings is 1. The van der Waals surface area contributed by atoms with Gasteiger partial charge in [0.15, 0.2) is 5.78 Å². The molecule has 84 valence electrons. The van der Waals surface area contributed by atoms with Crippen molar-refractivity contribution in [1.82, 2.24) is 4.98 Å². The van der Waals surface area contributed by atoms with Gasteiger partial charge in [-0.15, -0.1) is 0 Å². The molecule has 0 saturated heterocycles. The summed E-state index contributed by atoms with van der Waals surface area (Å²) >= 11 is 3.43. The maximum Gasteiger partial charge on any atom is 0.166 e. The second-order valence-corrected chi connectivity index (χ2v) is 4.43. The van der Waals surface area contributed by atoms with Crippen LogP contribution in [-0.2, 0) is 0 Å². The molecule has 0 aliphatic rings. The lowest BCUT2D eigenvalue weighted by Crippen LogP contribution is -2.00. The molecule has 1 aromatic carbocycles. The van der Waals surface area contributed by atoms with E-state index in [1.54, 1.807) is 12.3 Å². The molecule has 0 radical (unpaired) electrons. The fourth-order valence-electron chi connectivity index (χ4n) is 1.67. The minimum absolute atomic E-state index is 0.0391. The number of carbonyl (C=O) groups excluding carboxylic acids is 1.